The molecule has 0 amide bonds. The summed E-state index contributed by atoms with van der Waals surface area (Å²) in [4.78, 5) is 19.3. The highest BCUT2D eigenvalue weighted by molar-refractivity contribution is 5.84. The van der Waals surface area contributed by atoms with Crippen molar-refractivity contribution < 1.29 is 0 Å². The Morgan fingerprint density at radius 3 is 2.14 bits per heavy atom. The lowest BCUT2D eigenvalue weighted by molar-refractivity contribution is 0.467. The molecule has 6 heteroatoms. The number of nitrogens with zero attached hydrogens (tertiary/aromatic N) is 6. The van der Waals surface area contributed by atoms with Crippen LogP contribution in [-0.2, 0) is 6.42 Å². The molecule has 0 radical (unpaired) electrons. The number of pyridine rings is 2. The monoisotopic (exact) mass is 490 g/mol. The van der Waals surface area contributed by atoms with Crippen molar-refractivity contribution in [3.63, 3.8) is 0 Å². The zero-order valence-electron chi connectivity index (χ0n) is 22.5. The Balaban J connectivity index is 1.45. The van der Waals surface area contributed by atoms with Gasteiger partial charge in [-0.25, -0.2) is 9.97 Å². The zero-order valence-corrected chi connectivity index (χ0v) is 22.5. The summed E-state index contributed by atoms with van der Waals surface area (Å²) < 4.78 is 0. The highest BCUT2D eigenvalue weighted by Gasteiger charge is 2.46. The predicted molar refractivity (Wildman–Crippen MR) is 153 cm³/mol. The normalized spacial score (nSPS) is 20.4. The van der Waals surface area contributed by atoms with Crippen molar-refractivity contribution in [1.82, 2.24) is 9.97 Å². The van der Waals surface area contributed by atoms with Crippen LogP contribution in [-0.4, -0.2) is 35.9 Å². The molecule has 188 valence electrons. The fourth-order valence-electron chi connectivity index (χ4n) is 5.98. The molecule has 2 aliphatic rings. The second-order valence-corrected chi connectivity index (χ2v) is 10.5. The maximum absolute atomic E-state index is 4.99. The molecule has 2 unspecified atom stereocenters. The van der Waals surface area contributed by atoms with Crippen molar-refractivity contribution in [1.29, 1.82) is 0 Å². The average Bonchev–Trinajstić information content (AvgIpc) is 3.26. The van der Waals surface area contributed by atoms with E-state index in [4.69, 9.17) is 9.97 Å². The molecular weight excluding hydrogens is 456 g/mol. The van der Waals surface area contributed by atoms with Gasteiger partial charge in [0.1, 0.15) is 11.8 Å². The van der Waals surface area contributed by atoms with Gasteiger partial charge < -0.3 is 19.6 Å². The molecule has 37 heavy (non-hydrogen) atoms. The van der Waals surface area contributed by atoms with Crippen LogP contribution in [0.2, 0.25) is 0 Å². The van der Waals surface area contributed by atoms with Crippen LogP contribution < -0.4 is 19.6 Å². The van der Waals surface area contributed by atoms with Gasteiger partial charge in [-0.1, -0.05) is 36.4 Å². The first-order valence-corrected chi connectivity index (χ1v) is 12.9. The highest BCUT2D eigenvalue weighted by atomic mass is 15.5. The molecule has 0 N–H and O–H groups in total. The molecule has 6 rings (SSSR count). The summed E-state index contributed by atoms with van der Waals surface area (Å²) in [6.45, 7) is 8.89. The van der Waals surface area contributed by atoms with Crippen molar-refractivity contribution >= 4 is 34.4 Å². The van der Waals surface area contributed by atoms with Crippen LogP contribution >= 0.6 is 0 Å². The fraction of sp³-hybridized carbons (Fsp3) is 0.290. The number of para-hydroxylation sites is 2. The largest absolute Gasteiger partial charge is 0.348 e. The number of fused-ring (bicyclic) bond motifs is 2. The number of aromatic nitrogens is 2. The molecule has 0 bridgehead atoms. The van der Waals surface area contributed by atoms with E-state index in [0.29, 0.717) is 0 Å². The molecule has 0 aliphatic carbocycles. The van der Waals surface area contributed by atoms with Gasteiger partial charge in [-0.15, -0.1) is 0 Å². The van der Waals surface area contributed by atoms with E-state index in [9.17, 15) is 0 Å². The van der Waals surface area contributed by atoms with Gasteiger partial charge in [-0.2, -0.15) is 0 Å². The second-order valence-electron chi connectivity index (χ2n) is 10.5. The summed E-state index contributed by atoms with van der Waals surface area (Å²) in [6.07, 6.45) is 4.90. The van der Waals surface area contributed by atoms with E-state index in [0.717, 1.165) is 29.4 Å². The van der Waals surface area contributed by atoms with Gasteiger partial charge in [-0.05, 0) is 74.7 Å². The van der Waals surface area contributed by atoms with E-state index in [1.807, 2.05) is 12.3 Å². The minimum absolute atomic E-state index is 0.181. The number of rotatable bonds is 4. The molecule has 0 saturated carbocycles. The van der Waals surface area contributed by atoms with Crippen LogP contribution in [0.5, 0.6) is 0 Å². The minimum Gasteiger partial charge on any atom is -0.348 e. The molecule has 6 nitrogen and oxygen atoms in total. The summed E-state index contributed by atoms with van der Waals surface area (Å²) in [7, 11) is 4.30. The maximum atomic E-state index is 4.99. The SMILES string of the molecule is Cc1ccccc1N1c2cc(CC3(C)N(C)c4cccnc4N3c3ccccc3C)cnc2N(C)C1C. The van der Waals surface area contributed by atoms with Crippen LogP contribution in [0.25, 0.3) is 0 Å². The Labute approximate surface area is 219 Å². The van der Waals surface area contributed by atoms with E-state index in [1.165, 1.54) is 28.1 Å². The van der Waals surface area contributed by atoms with E-state index in [-0.39, 0.29) is 11.8 Å². The van der Waals surface area contributed by atoms with Crippen LogP contribution in [0.3, 0.4) is 0 Å². The van der Waals surface area contributed by atoms with Gasteiger partial charge in [0.25, 0.3) is 0 Å². The van der Waals surface area contributed by atoms with Crippen molar-refractivity contribution in [3.05, 3.63) is 95.8 Å². The Kier molecular flexibility index (Phi) is 5.37. The molecule has 0 fully saturated rings. The molecule has 2 aromatic heterocycles. The van der Waals surface area contributed by atoms with Gasteiger partial charge >= 0.3 is 0 Å². The Hall–Kier alpha value is -4.06. The lowest BCUT2D eigenvalue weighted by atomic mass is 9.98. The third-order valence-electron chi connectivity index (χ3n) is 8.25. The van der Waals surface area contributed by atoms with Gasteiger partial charge in [0.2, 0.25) is 0 Å². The van der Waals surface area contributed by atoms with Gasteiger partial charge in [0, 0.05) is 44.3 Å². The van der Waals surface area contributed by atoms with Crippen LogP contribution in [0, 0.1) is 13.8 Å². The van der Waals surface area contributed by atoms with Crippen molar-refractivity contribution in [2.24, 2.45) is 0 Å². The summed E-state index contributed by atoms with van der Waals surface area (Å²) in [5, 5.41) is 0. The minimum atomic E-state index is -0.359. The van der Waals surface area contributed by atoms with Gasteiger partial charge in [0.15, 0.2) is 11.6 Å². The lowest BCUT2D eigenvalue weighted by Crippen LogP contribution is -2.53. The maximum Gasteiger partial charge on any atom is 0.158 e. The van der Waals surface area contributed by atoms with E-state index >= 15 is 0 Å². The van der Waals surface area contributed by atoms with Crippen molar-refractivity contribution in [3.8, 4) is 0 Å². The van der Waals surface area contributed by atoms with E-state index in [2.05, 4.69) is 128 Å². The first-order chi connectivity index (χ1) is 17.8. The Morgan fingerprint density at radius 2 is 1.43 bits per heavy atom. The van der Waals surface area contributed by atoms with Crippen LogP contribution in [0.4, 0.5) is 34.4 Å². The number of hydrogen-bond donors (Lipinski definition) is 0. The number of likely N-dealkylation sites (N-methyl/N-ethyl adjacent to an activating group) is 1. The standard InChI is InChI=1S/C31H34N6/c1-21-12-7-9-14-25(21)36-23(3)34(5)29-28(36)18-24(20-33-29)19-31(4)35(6)27-16-11-17-32-30(27)37(31)26-15-10-8-13-22(26)2/h7-18,20,23H,19H2,1-6H3. The van der Waals surface area contributed by atoms with E-state index < -0.39 is 0 Å². The second kappa shape index (κ2) is 8.51. The van der Waals surface area contributed by atoms with Gasteiger partial charge in [-0.3, -0.25) is 0 Å². The number of anilines is 6. The average molecular weight is 491 g/mol. The van der Waals surface area contributed by atoms with Crippen LogP contribution in [0.15, 0.2) is 79.1 Å². The smallest absolute Gasteiger partial charge is 0.158 e. The molecule has 4 aromatic rings. The predicted octanol–water partition coefficient (Wildman–Crippen LogP) is 6.57. The Morgan fingerprint density at radius 1 is 0.784 bits per heavy atom. The first-order valence-electron chi connectivity index (χ1n) is 12.9. The van der Waals surface area contributed by atoms with E-state index in [1.54, 1.807) is 0 Å². The number of benzene rings is 2. The molecule has 0 spiro atoms. The van der Waals surface area contributed by atoms with Crippen LogP contribution in [0.1, 0.15) is 30.5 Å². The Bertz CT molecular complexity index is 1480. The molecule has 4 heterocycles. The zero-order chi connectivity index (χ0) is 25.9. The molecule has 2 aromatic carbocycles. The summed E-state index contributed by atoms with van der Waals surface area (Å²) in [5.41, 5.74) is 8.02. The number of hydrogen-bond acceptors (Lipinski definition) is 6. The summed E-state index contributed by atoms with van der Waals surface area (Å²) in [6, 6.07) is 23.7. The summed E-state index contributed by atoms with van der Waals surface area (Å²) >= 11 is 0. The molecule has 0 saturated heterocycles. The quantitative estimate of drug-likeness (QED) is 0.322. The molecule has 2 atom stereocenters. The molecular formula is C31H34N6. The highest BCUT2D eigenvalue weighted by Crippen LogP contribution is 2.50. The van der Waals surface area contributed by atoms with Crippen molar-refractivity contribution in [2.75, 3.05) is 33.7 Å². The third-order valence-corrected chi connectivity index (χ3v) is 8.25. The topological polar surface area (TPSA) is 38.7 Å². The molecule has 2 aliphatic heterocycles. The lowest BCUT2D eigenvalue weighted by Gasteiger charge is -2.42. The third kappa shape index (κ3) is 3.46. The fourth-order valence-corrected chi connectivity index (χ4v) is 5.98. The number of aryl methyl sites for hydroxylation is 2. The summed E-state index contributed by atoms with van der Waals surface area (Å²) in [5.74, 6) is 2.01. The first kappa shape index (κ1) is 23.3. The van der Waals surface area contributed by atoms with Gasteiger partial charge in [0.05, 0.1) is 11.4 Å². The van der Waals surface area contributed by atoms with Crippen molar-refractivity contribution in [2.45, 2.75) is 45.9 Å².